The summed E-state index contributed by atoms with van der Waals surface area (Å²) in [7, 11) is 0. The van der Waals surface area contributed by atoms with Crippen LogP contribution in [0.15, 0.2) is 0 Å². The molecule has 4 N–H and O–H groups in total. The summed E-state index contributed by atoms with van der Waals surface area (Å²) in [4.78, 5) is 11.2. The SMILES string of the molecule is CC(N)C(=O)NC1CCNCC1. The number of piperidine rings is 1. The molecule has 0 saturated carbocycles. The first-order valence-corrected chi connectivity index (χ1v) is 4.47. The van der Waals surface area contributed by atoms with Crippen molar-refractivity contribution in [3.63, 3.8) is 0 Å². The molecular formula is C8H17N3O. The van der Waals surface area contributed by atoms with E-state index in [0.717, 1.165) is 25.9 Å². The Bertz CT molecular complexity index is 152. The molecule has 4 heteroatoms. The van der Waals surface area contributed by atoms with Gasteiger partial charge in [-0.1, -0.05) is 0 Å². The highest BCUT2D eigenvalue weighted by atomic mass is 16.2. The number of hydrogen-bond acceptors (Lipinski definition) is 3. The number of nitrogens with two attached hydrogens (primary N) is 1. The molecule has 0 aromatic heterocycles. The Kier molecular flexibility index (Phi) is 3.49. The first-order chi connectivity index (χ1) is 5.70. The van der Waals surface area contributed by atoms with Crippen LogP contribution in [0.3, 0.4) is 0 Å². The molecule has 1 aliphatic heterocycles. The Hall–Kier alpha value is -0.610. The van der Waals surface area contributed by atoms with Gasteiger partial charge in [-0.2, -0.15) is 0 Å². The molecule has 1 rings (SSSR count). The molecule has 0 aromatic carbocycles. The van der Waals surface area contributed by atoms with Crippen LogP contribution in [-0.2, 0) is 4.79 Å². The van der Waals surface area contributed by atoms with E-state index in [0.29, 0.717) is 6.04 Å². The summed E-state index contributed by atoms with van der Waals surface area (Å²) in [5, 5.41) is 6.15. The maximum atomic E-state index is 11.2. The fraction of sp³-hybridized carbons (Fsp3) is 0.875. The van der Waals surface area contributed by atoms with Crippen LogP contribution in [0.5, 0.6) is 0 Å². The molecule has 0 spiro atoms. The van der Waals surface area contributed by atoms with E-state index in [-0.39, 0.29) is 11.9 Å². The zero-order valence-electron chi connectivity index (χ0n) is 7.47. The minimum atomic E-state index is -0.389. The summed E-state index contributed by atoms with van der Waals surface area (Å²) in [6.45, 7) is 3.68. The van der Waals surface area contributed by atoms with Gasteiger partial charge < -0.3 is 16.4 Å². The number of carbonyl (C=O) groups excluding carboxylic acids is 1. The van der Waals surface area contributed by atoms with Crippen LogP contribution in [0.1, 0.15) is 19.8 Å². The van der Waals surface area contributed by atoms with E-state index in [1.54, 1.807) is 6.92 Å². The van der Waals surface area contributed by atoms with Crippen molar-refractivity contribution in [2.45, 2.75) is 31.8 Å². The van der Waals surface area contributed by atoms with Gasteiger partial charge in [-0.15, -0.1) is 0 Å². The third-order valence-corrected chi connectivity index (χ3v) is 2.10. The highest BCUT2D eigenvalue weighted by molar-refractivity contribution is 5.81. The van der Waals surface area contributed by atoms with Crippen molar-refractivity contribution in [1.29, 1.82) is 0 Å². The number of carbonyl (C=O) groups is 1. The van der Waals surface area contributed by atoms with Crippen molar-refractivity contribution in [1.82, 2.24) is 10.6 Å². The first kappa shape index (κ1) is 9.48. The highest BCUT2D eigenvalue weighted by Gasteiger charge is 2.16. The van der Waals surface area contributed by atoms with Crippen LogP contribution in [-0.4, -0.2) is 31.1 Å². The Morgan fingerprint density at radius 3 is 2.67 bits per heavy atom. The Morgan fingerprint density at radius 2 is 2.17 bits per heavy atom. The summed E-state index contributed by atoms with van der Waals surface area (Å²) in [6.07, 6.45) is 2.02. The van der Waals surface area contributed by atoms with Crippen LogP contribution in [0.4, 0.5) is 0 Å². The Labute approximate surface area is 72.9 Å². The van der Waals surface area contributed by atoms with Crippen molar-refractivity contribution in [3.05, 3.63) is 0 Å². The lowest BCUT2D eigenvalue weighted by Crippen LogP contribution is -2.47. The third-order valence-electron chi connectivity index (χ3n) is 2.10. The number of nitrogens with one attached hydrogen (secondary N) is 2. The smallest absolute Gasteiger partial charge is 0.236 e. The predicted molar refractivity (Wildman–Crippen MR) is 47.7 cm³/mol. The van der Waals surface area contributed by atoms with Gasteiger partial charge >= 0.3 is 0 Å². The molecule has 0 aromatic rings. The molecule has 0 aliphatic carbocycles. The normalized spacial score (nSPS) is 21.8. The third kappa shape index (κ3) is 2.79. The molecule has 0 radical (unpaired) electrons. The van der Waals surface area contributed by atoms with Gasteiger partial charge in [-0.05, 0) is 32.9 Å². The minimum Gasteiger partial charge on any atom is -0.352 e. The number of hydrogen-bond donors (Lipinski definition) is 3. The lowest BCUT2D eigenvalue weighted by Gasteiger charge is -2.24. The number of rotatable bonds is 2. The lowest BCUT2D eigenvalue weighted by molar-refractivity contribution is -0.122. The van der Waals surface area contributed by atoms with Gasteiger partial charge in [-0.25, -0.2) is 0 Å². The topological polar surface area (TPSA) is 67.2 Å². The second kappa shape index (κ2) is 4.42. The molecule has 1 saturated heterocycles. The zero-order valence-corrected chi connectivity index (χ0v) is 7.47. The van der Waals surface area contributed by atoms with Gasteiger partial charge in [0.2, 0.25) is 5.91 Å². The fourth-order valence-corrected chi connectivity index (χ4v) is 1.30. The molecular weight excluding hydrogens is 154 g/mol. The van der Waals surface area contributed by atoms with Gasteiger partial charge in [0.25, 0.3) is 0 Å². The predicted octanol–water partition coefficient (Wildman–Crippen LogP) is -0.798. The van der Waals surface area contributed by atoms with Crippen molar-refractivity contribution in [3.8, 4) is 0 Å². The summed E-state index contributed by atoms with van der Waals surface area (Å²) >= 11 is 0. The van der Waals surface area contributed by atoms with E-state index < -0.39 is 0 Å². The van der Waals surface area contributed by atoms with E-state index in [9.17, 15) is 4.79 Å². The largest absolute Gasteiger partial charge is 0.352 e. The summed E-state index contributed by atoms with van der Waals surface area (Å²) < 4.78 is 0. The van der Waals surface area contributed by atoms with Gasteiger partial charge in [0.15, 0.2) is 0 Å². The van der Waals surface area contributed by atoms with Crippen LogP contribution in [0.2, 0.25) is 0 Å². The van der Waals surface area contributed by atoms with Gasteiger partial charge in [-0.3, -0.25) is 4.79 Å². The lowest BCUT2D eigenvalue weighted by atomic mass is 10.1. The first-order valence-electron chi connectivity index (χ1n) is 4.47. The standard InChI is InChI=1S/C8H17N3O/c1-6(9)8(12)11-7-2-4-10-5-3-7/h6-7,10H,2-5,9H2,1H3,(H,11,12). The second-order valence-corrected chi connectivity index (χ2v) is 3.32. The van der Waals surface area contributed by atoms with Crippen LogP contribution in [0, 0.1) is 0 Å². The average molecular weight is 171 g/mol. The quantitative estimate of drug-likeness (QED) is 0.509. The van der Waals surface area contributed by atoms with E-state index in [4.69, 9.17) is 5.73 Å². The van der Waals surface area contributed by atoms with Crippen molar-refractivity contribution < 1.29 is 4.79 Å². The molecule has 1 atom stereocenters. The summed E-state index contributed by atoms with van der Waals surface area (Å²) in [5.41, 5.74) is 5.43. The zero-order chi connectivity index (χ0) is 8.97. The number of amides is 1. The molecule has 1 unspecified atom stereocenters. The fourth-order valence-electron chi connectivity index (χ4n) is 1.30. The monoisotopic (exact) mass is 171 g/mol. The second-order valence-electron chi connectivity index (χ2n) is 3.32. The van der Waals surface area contributed by atoms with Gasteiger partial charge in [0.1, 0.15) is 0 Å². The molecule has 0 bridgehead atoms. The Balaban J connectivity index is 2.24. The van der Waals surface area contributed by atoms with Gasteiger partial charge in [0, 0.05) is 6.04 Å². The van der Waals surface area contributed by atoms with E-state index in [1.807, 2.05) is 0 Å². The van der Waals surface area contributed by atoms with Crippen LogP contribution >= 0.6 is 0 Å². The van der Waals surface area contributed by atoms with Gasteiger partial charge in [0.05, 0.1) is 6.04 Å². The molecule has 1 aliphatic rings. The summed E-state index contributed by atoms with van der Waals surface area (Å²) in [6, 6.07) is -0.0652. The molecule has 70 valence electrons. The molecule has 12 heavy (non-hydrogen) atoms. The van der Waals surface area contributed by atoms with Crippen LogP contribution in [0.25, 0.3) is 0 Å². The van der Waals surface area contributed by atoms with E-state index in [1.165, 1.54) is 0 Å². The highest BCUT2D eigenvalue weighted by Crippen LogP contribution is 2.01. The van der Waals surface area contributed by atoms with Crippen molar-refractivity contribution >= 4 is 5.91 Å². The molecule has 1 fully saturated rings. The maximum absolute atomic E-state index is 11.2. The molecule has 1 heterocycles. The van der Waals surface area contributed by atoms with Crippen LogP contribution < -0.4 is 16.4 Å². The molecule has 1 amide bonds. The van der Waals surface area contributed by atoms with E-state index >= 15 is 0 Å². The molecule has 4 nitrogen and oxygen atoms in total. The average Bonchev–Trinajstić information content (AvgIpc) is 2.06. The van der Waals surface area contributed by atoms with E-state index in [2.05, 4.69) is 10.6 Å². The van der Waals surface area contributed by atoms with Crippen molar-refractivity contribution in [2.75, 3.05) is 13.1 Å². The summed E-state index contributed by atoms with van der Waals surface area (Å²) in [5.74, 6) is -0.0399. The Morgan fingerprint density at radius 1 is 1.58 bits per heavy atom. The maximum Gasteiger partial charge on any atom is 0.236 e. The van der Waals surface area contributed by atoms with Crippen molar-refractivity contribution in [2.24, 2.45) is 5.73 Å². The minimum absolute atomic E-state index is 0.0399.